The third kappa shape index (κ3) is 5.91. The largest absolute Gasteiger partial charge is 0.464 e. The Hall–Kier alpha value is -0.560. The fourth-order valence-electron chi connectivity index (χ4n) is 2.86. The molecule has 1 amide bonds. The van der Waals surface area contributed by atoms with Crippen LogP contribution < -0.4 is 5.32 Å². The first-order chi connectivity index (χ1) is 9.72. The number of carbonyl (C=O) groups excluding carboxylic acids is 2. The molecule has 0 aromatic heterocycles. The van der Waals surface area contributed by atoms with Crippen LogP contribution in [0.1, 0.15) is 26.2 Å². The summed E-state index contributed by atoms with van der Waals surface area (Å²) in [5, 5.41) is 3.27. The van der Waals surface area contributed by atoms with Crippen LogP contribution in [-0.4, -0.2) is 73.6 Å². The van der Waals surface area contributed by atoms with Crippen LogP contribution in [0.15, 0.2) is 0 Å². The van der Waals surface area contributed by atoms with Crippen LogP contribution in [0.25, 0.3) is 0 Å². The molecule has 2 saturated heterocycles. The van der Waals surface area contributed by atoms with Crippen LogP contribution in [0.2, 0.25) is 0 Å². The summed E-state index contributed by atoms with van der Waals surface area (Å²) in [4.78, 5) is 28.3. The molecule has 22 heavy (non-hydrogen) atoms. The van der Waals surface area contributed by atoms with Crippen molar-refractivity contribution < 1.29 is 14.3 Å². The number of hydrogen-bond donors (Lipinski definition) is 1. The highest BCUT2D eigenvalue weighted by atomic mass is 35.5. The standard InChI is InChI=1S/C14H25N3O3.2ClH/c1-2-20-14(19)12-5-3-4-8-17(12)13(18)11-16-9-6-15-7-10-16;;/h12,15H,2-11H2,1H3;2*1H. The number of amides is 1. The van der Waals surface area contributed by atoms with E-state index in [1.165, 1.54) is 0 Å². The zero-order valence-corrected chi connectivity index (χ0v) is 14.7. The molecule has 0 radical (unpaired) electrons. The van der Waals surface area contributed by atoms with Crippen molar-refractivity contribution in [3.05, 3.63) is 0 Å². The molecule has 0 spiro atoms. The van der Waals surface area contributed by atoms with Gasteiger partial charge < -0.3 is 15.0 Å². The van der Waals surface area contributed by atoms with Gasteiger partial charge in [0, 0.05) is 32.7 Å². The number of likely N-dealkylation sites (tertiary alicyclic amines) is 1. The summed E-state index contributed by atoms with van der Waals surface area (Å²) in [6, 6.07) is -0.376. The Bertz CT molecular complexity index is 352. The molecule has 1 N–H and O–H groups in total. The molecule has 2 aliphatic heterocycles. The molecule has 2 heterocycles. The fourth-order valence-corrected chi connectivity index (χ4v) is 2.86. The second-order valence-electron chi connectivity index (χ2n) is 5.38. The maximum atomic E-state index is 12.4. The van der Waals surface area contributed by atoms with Crippen molar-refractivity contribution in [3.8, 4) is 0 Å². The molecule has 2 aliphatic rings. The third-order valence-corrected chi connectivity index (χ3v) is 3.95. The summed E-state index contributed by atoms with van der Waals surface area (Å²) in [7, 11) is 0. The van der Waals surface area contributed by atoms with Crippen LogP contribution in [0, 0.1) is 0 Å². The highest BCUT2D eigenvalue weighted by Gasteiger charge is 2.33. The van der Waals surface area contributed by atoms with Crippen molar-refractivity contribution in [1.82, 2.24) is 15.1 Å². The average molecular weight is 356 g/mol. The molecule has 6 nitrogen and oxygen atoms in total. The lowest BCUT2D eigenvalue weighted by molar-refractivity contribution is -0.157. The summed E-state index contributed by atoms with van der Waals surface area (Å²) in [6.07, 6.45) is 2.69. The second kappa shape index (κ2) is 11.0. The number of ether oxygens (including phenoxy) is 1. The average Bonchev–Trinajstić information content (AvgIpc) is 2.48. The van der Waals surface area contributed by atoms with Crippen molar-refractivity contribution in [2.75, 3.05) is 45.9 Å². The summed E-state index contributed by atoms with van der Waals surface area (Å²) in [5.74, 6) is -0.189. The second-order valence-corrected chi connectivity index (χ2v) is 5.38. The van der Waals surface area contributed by atoms with E-state index in [2.05, 4.69) is 10.2 Å². The predicted molar refractivity (Wildman–Crippen MR) is 89.8 cm³/mol. The SMILES string of the molecule is CCOC(=O)C1CCCCN1C(=O)CN1CCNCC1.Cl.Cl. The Morgan fingerprint density at radius 3 is 2.45 bits per heavy atom. The molecule has 2 fully saturated rings. The molecule has 1 unspecified atom stereocenters. The lowest BCUT2D eigenvalue weighted by Crippen LogP contribution is -2.53. The lowest BCUT2D eigenvalue weighted by atomic mass is 10.0. The molecule has 130 valence electrons. The van der Waals surface area contributed by atoms with Gasteiger partial charge in [-0.05, 0) is 26.2 Å². The number of piperazine rings is 1. The number of rotatable bonds is 4. The van der Waals surface area contributed by atoms with Gasteiger partial charge in [-0.2, -0.15) is 0 Å². The third-order valence-electron chi connectivity index (χ3n) is 3.95. The van der Waals surface area contributed by atoms with Gasteiger partial charge in [-0.25, -0.2) is 4.79 Å². The smallest absolute Gasteiger partial charge is 0.328 e. The van der Waals surface area contributed by atoms with Gasteiger partial charge in [-0.1, -0.05) is 0 Å². The topological polar surface area (TPSA) is 61.9 Å². The van der Waals surface area contributed by atoms with E-state index in [1.54, 1.807) is 11.8 Å². The van der Waals surface area contributed by atoms with Crippen LogP contribution in [0.4, 0.5) is 0 Å². The Kier molecular flexibility index (Phi) is 10.8. The lowest BCUT2D eigenvalue weighted by Gasteiger charge is -2.36. The van der Waals surface area contributed by atoms with E-state index in [0.29, 0.717) is 19.7 Å². The van der Waals surface area contributed by atoms with Crippen molar-refractivity contribution >= 4 is 36.7 Å². The molecule has 0 aromatic carbocycles. The number of nitrogens with zero attached hydrogens (tertiary/aromatic N) is 2. The predicted octanol–water partition coefficient (Wildman–Crippen LogP) is 0.679. The number of esters is 1. The molecule has 1 atom stereocenters. The normalized spacial score (nSPS) is 22.2. The van der Waals surface area contributed by atoms with E-state index in [4.69, 9.17) is 4.74 Å². The van der Waals surface area contributed by atoms with Crippen molar-refractivity contribution in [2.45, 2.75) is 32.2 Å². The van der Waals surface area contributed by atoms with Gasteiger partial charge in [0.1, 0.15) is 6.04 Å². The number of halogens is 2. The fraction of sp³-hybridized carbons (Fsp3) is 0.857. The molecule has 0 bridgehead atoms. The Balaban J connectivity index is 0.00000220. The van der Waals surface area contributed by atoms with Crippen LogP contribution >= 0.6 is 24.8 Å². The van der Waals surface area contributed by atoms with Crippen LogP contribution in [-0.2, 0) is 14.3 Å². The van der Waals surface area contributed by atoms with E-state index in [0.717, 1.165) is 45.4 Å². The van der Waals surface area contributed by atoms with Gasteiger partial charge in [0.2, 0.25) is 5.91 Å². The molecular weight excluding hydrogens is 329 g/mol. The van der Waals surface area contributed by atoms with Crippen LogP contribution in [0.3, 0.4) is 0 Å². The maximum Gasteiger partial charge on any atom is 0.328 e. The highest BCUT2D eigenvalue weighted by Crippen LogP contribution is 2.18. The first-order valence-electron chi connectivity index (χ1n) is 7.61. The molecule has 0 aromatic rings. The zero-order valence-electron chi connectivity index (χ0n) is 13.1. The van der Waals surface area contributed by atoms with Crippen molar-refractivity contribution in [1.29, 1.82) is 0 Å². The van der Waals surface area contributed by atoms with E-state index < -0.39 is 0 Å². The van der Waals surface area contributed by atoms with E-state index in [9.17, 15) is 9.59 Å². The van der Waals surface area contributed by atoms with Gasteiger partial charge in [0.15, 0.2) is 0 Å². The molecule has 0 aliphatic carbocycles. The summed E-state index contributed by atoms with van der Waals surface area (Å²) >= 11 is 0. The first-order valence-corrected chi connectivity index (χ1v) is 7.61. The first kappa shape index (κ1) is 21.4. The minimum atomic E-state index is -0.376. The summed E-state index contributed by atoms with van der Waals surface area (Å²) in [6.45, 7) is 6.89. The van der Waals surface area contributed by atoms with E-state index in [-0.39, 0.29) is 42.7 Å². The zero-order chi connectivity index (χ0) is 14.4. The molecule has 8 heteroatoms. The van der Waals surface area contributed by atoms with Gasteiger partial charge in [-0.3, -0.25) is 9.69 Å². The maximum absolute atomic E-state index is 12.4. The number of nitrogens with one attached hydrogen (secondary N) is 1. The Morgan fingerprint density at radius 1 is 1.14 bits per heavy atom. The minimum absolute atomic E-state index is 0. The summed E-state index contributed by atoms with van der Waals surface area (Å²) in [5.41, 5.74) is 0. The van der Waals surface area contributed by atoms with Crippen molar-refractivity contribution in [3.63, 3.8) is 0 Å². The number of piperidine rings is 1. The van der Waals surface area contributed by atoms with Gasteiger partial charge >= 0.3 is 5.97 Å². The molecular formula is C14H27Cl2N3O3. The summed E-state index contributed by atoms with van der Waals surface area (Å²) < 4.78 is 5.10. The number of carbonyl (C=O) groups is 2. The molecule has 0 saturated carbocycles. The number of hydrogen-bond acceptors (Lipinski definition) is 5. The minimum Gasteiger partial charge on any atom is -0.464 e. The quantitative estimate of drug-likeness (QED) is 0.751. The van der Waals surface area contributed by atoms with Gasteiger partial charge in [0.25, 0.3) is 0 Å². The van der Waals surface area contributed by atoms with Gasteiger partial charge in [-0.15, -0.1) is 24.8 Å². The highest BCUT2D eigenvalue weighted by molar-refractivity contribution is 5.86. The Morgan fingerprint density at radius 2 is 1.82 bits per heavy atom. The Labute approximate surface area is 144 Å². The monoisotopic (exact) mass is 355 g/mol. The van der Waals surface area contributed by atoms with Crippen molar-refractivity contribution in [2.24, 2.45) is 0 Å². The molecule has 2 rings (SSSR count). The van der Waals surface area contributed by atoms with E-state index >= 15 is 0 Å². The van der Waals surface area contributed by atoms with E-state index in [1.807, 2.05) is 0 Å². The van der Waals surface area contributed by atoms with Gasteiger partial charge in [0.05, 0.1) is 13.2 Å². The van der Waals surface area contributed by atoms with Crippen LogP contribution in [0.5, 0.6) is 0 Å².